The maximum absolute atomic E-state index is 12.9. The highest BCUT2D eigenvalue weighted by Gasteiger charge is 2.26. The molecule has 0 bridgehead atoms. The quantitative estimate of drug-likeness (QED) is 0.438. The molecule has 3 fully saturated rings. The number of hydrogen-bond acceptors (Lipinski definition) is 7. The second kappa shape index (κ2) is 11.9. The fourth-order valence-electron chi connectivity index (χ4n) is 6.28. The SMILES string of the molecule is Cc1cccc(Cn2cnc3c(NCC4CCCO4)nc(N4CCN(C(=O)CCC5CCCC5)CC4)nc32)c1. The van der Waals surface area contributed by atoms with Crippen molar-refractivity contribution in [2.24, 2.45) is 5.92 Å². The monoisotopic (exact) mass is 531 g/mol. The van der Waals surface area contributed by atoms with Crippen molar-refractivity contribution < 1.29 is 9.53 Å². The number of carbonyl (C=O) groups is 1. The molecule has 1 N–H and O–H groups in total. The number of aromatic nitrogens is 4. The summed E-state index contributed by atoms with van der Waals surface area (Å²) in [7, 11) is 0. The van der Waals surface area contributed by atoms with Crippen molar-refractivity contribution in [1.29, 1.82) is 0 Å². The first-order chi connectivity index (χ1) is 19.1. The lowest BCUT2D eigenvalue weighted by Gasteiger charge is -2.35. The van der Waals surface area contributed by atoms with Gasteiger partial charge in [0, 0.05) is 45.8 Å². The van der Waals surface area contributed by atoms with Gasteiger partial charge in [-0.2, -0.15) is 9.97 Å². The average molecular weight is 532 g/mol. The van der Waals surface area contributed by atoms with Crippen molar-refractivity contribution in [2.45, 2.75) is 70.9 Å². The van der Waals surface area contributed by atoms with E-state index in [1.54, 1.807) is 0 Å². The number of rotatable bonds is 9. The number of anilines is 2. The van der Waals surface area contributed by atoms with Gasteiger partial charge in [0.15, 0.2) is 17.0 Å². The molecule has 1 aromatic carbocycles. The largest absolute Gasteiger partial charge is 0.376 e. The number of benzene rings is 1. The first-order valence-electron chi connectivity index (χ1n) is 14.8. The summed E-state index contributed by atoms with van der Waals surface area (Å²) >= 11 is 0. The van der Waals surface area contributed by atoms with Gasteiger partial charge in [-0.15, -0.1) is 0 Å². The molecule has 3 aromatic rings. The van der Waals surface area contributed by atoms with Gasteiger partial charge in [0.05, 0.1) is 19.0 Å². The number of imidazole rings is 1. The minimum Gasteiger partial charge on any atom is -0.376 e. The first-order valence-corrected chi connectivity index (χ1v) is 14.8. The maximum atomic E-state index is 12.9. The minimum absolute atomic E-state index is 0.201. The van der Waals surface area contributed by atoms with E-state index >= 15 is 0 Å². The lowest BCUT2D eigenvalue weighted by Crippen LogP contribution is -2.49. The van der Waals surface area contributed by atoms with Crippen molar-refractivity contribution in [3.63, 3.8) is 0 Å². The second-order valence-electron chi connectivity index (χ2n) is 11.5. The number of carbonyl (C=O) groups excluding carboxylic acids is 1. The predicted octanol–water partition coefficient (Wildman–Crippen LogP) is 4.39. The molecule has 1 atom stereocenters. The van der Waals surface area contributed by atoms with Crippen LogP contribution in [0.2, 0.25) is 0 Å². The van der Waals surface area contributed by atoms with Gasteiger partial charge in [-0.25, -0.2) is 4.98 Å². The third kappa shape index (κ3) is 6.19. The Bertz CT molecular complexity index is 1270. The van der Waals surface area contributed by atoms with E-state index in [9.17, 15) is 4.79 Å². The topological polar surface area (TPSA) is 88.4 Å². The normalized spacial score (nSPS) is 20.3. The van der Waals surface area contributed by atoms with E-state index in [0.29, 0.717) is 44.5 Å². The fourth-order valence-corrected chi connectivity index (χ4v) is 6.28. The molecule has 2 saturated heterocycles. The number of amides is 1. The van der Waals surface area contributed by atoms with E-state index in [-0.39, 0.29) is 6.10 Å². The van der Waals surface area contributed by atoms with Crippen LogP contribution in [0.5, 0.6) is 0 Å². The molecule has 3 aliphatic rings. The van der Waals surface area contributed by atoms with Crippen molar-refractivity contribution in [3.05, 3.63) is 41.7 Å². The summed E-state index contributed by atoms with van der Waals surface area (Å²) in [4.78, 5) is 31.8. The number of nitrogens with one attached hydrogen (secondary N) is 1. The number of fused-ring (bicyclic) bond motifs is 1. The number of piperazine rings is 1. The summed E-state index contributed by atoms with van der Waals surface area (Å²) < 4.78 is 7.94. The van der Waals surface area contributed by atoms with E-state index < -0.39 is 0 Å². The summed E-state index contributed by atoms with van der Waals surface area (Å²) in [6.45, 7) is 7.24. The third-order valence-corrected chi connectivity index (χ3v) is 8.57. The van der Waals surface area contributed by atoms with Crippen LogP contribution in [0.4, 0.5) is 11.8 Å². The Kier molecular flexibility index (Phi) is 7.95. The average Bonchev–Trinajstić information content (AvgIpc) is 3.74. The lowest BCUT2D eigenvalue weighted by molar-refractivity contribution is -0.131. The molecule has 0 spiro atoms. The van der Waals surface area contributed by atoms with Crippen LogP contribution in [0.1, 0.15) is 62.5 Å². The van der Waals surface area contributed by atoms with E-state index in [0.717, 1.165) is 61.9 Å². The van der Waals surface area contributed by atoms with Crippen LogP contribution in [0.25, 0.3) is 11.2 Å². The highest BCUT2D eigenvalue weighted by atomic mass is 16.5. The van der Waals surface area contributed by atoms with Crippen molar-refractivity contribution in [1.82, 2.24) is 24.4 Å². The van der Waals surface area contributed by atoms with Gasteiger partial charge in [-0.05, 0) is 37.7 Å². The maximum Gasteiger partial charge on any atom is 0.229 e. The Morgan fingerprint density at radius 1 is 1.08 bits per heavy atom. The Balaban J connectivity index is 1.18. The van der Waals surface area contributed by atoms with Crippen molar-refractivity contribution >= 4 is 28.8 Å². The third-order valence-electron chi connectivity index (χ3n) is 8.57. The van der Waals surface area contributed by atoms with Gasteiger partial charge >= 0.3 is 0 Å². The zero-order chi connectivity index (χ0) is 26.6. The number of nitrogens with zero attached hydrogens (tertiary/aromatic N) is 6. The molecule has 208 valence electrons. The molecule has 1 saturated carbocycles. The first kappa shape index (κ1) is 26.0. The van der Waals surface area contributed by atoms with Gasteiger partial charge in [0.25, 0.3) is 0 Å². The van der Waals surface area contributed by atoms with E-state index in [1.807, 2.05) is 11.2 Å². The van der Waals surface area contributed by atoms with Crippen LogP contribution in [-0.2, 0) is 16.1 Å². The molecular formula is C30H41N7O2. The van der Waals surface area contributed by atoms with Crippen LogP contribution in [0, 0.1) is 12.8 Å². The zero-order valence-corrected chi connectivity index (χ0v) is 23.1. The summed E-state index contributed by atoms with van der Waals surface area (Å²) in [6, 6.07) is 8.54. The molecule has 9 heteroatoms. The smallest absolute Gasteiger partial charge is 0.229 e. The molecule has 2 aromatic heterocycles. The Morgan fingerprint density at radius 2 is 1.92 bits per heavy atom. The fraction of sp³-hybridized carbons (Fsp3) is 0.600. The summed E-state index contributed by atoms with van der Waals surface area (Å²) in [6.07, 6.45) is 11.2. The number of hydrogen-bond donors (Lipinski definition) is 1. The predicted molar refractivity (Wildman–Crippen MR) is 153 cm³/mol. The van der Waals surface area contributed by atoms with Crippen LogP contribution in [0.15, 0.2) is 30.6 Å². The van der Waals surface area contributed by atoms with Gasteiger partial charge in [0.2, 0.25) is 11.9 Å². The highest BCUT2D eigenvalue weighted by Crippen LogP contribution is 2.29. The summed E-state index contributed by atoms with van der Waals surface area (Å²) in [5.74, 6) is 2.50. The van der Waals surface area contributed by atoms with Crippen molar-refractivity contribution in [2.75, 3.05) is 49.5 Å². The molecular weight excluding hydrogens is 490 g/mol. The van der Waals surface area contributed by atoms with Crippen LogP contribution >= 0.6 is 0 Å². The minimum atomic E-state index is 0.201. The second-order valence-corrected chi connectivity index (χ2v) is 11.5. The summed E-state index contributed by atoms with van der Waals surface area (Å²) in [5.41, 5.74) is 4.06. The molecule has 1 unspecified atom stereocenters. The number of aryl methyl sites for hydroxylation is 1. The number of ether oxygens (including phenoxy) is 1. The van der Waals surface area contributed by atoms with Crippen LogP contribution in [-0.4, -0.2) is 75.8 Å². The molecule has 39 heavy (non-hydrogen) atoms. The summed E-state index contributed by atoms with van der Waals surface area (Å²) in [5, 5.41) is 3.52. The Labute approximate surface area is 231 Å². The van der Waals surface area contributed by atoms with Crippen LogP contribution in [0.3, 0.4) is 0 Å². The lowest BCUT2D eigenvalue weighted by atomic mass is 10.0. The Hall–Kier alpha value is -3.20. The zero-order valence-electron chi connectivity index (χ0n) is 23.1. The van der Waals surface area contributed by atoms with Crippen molar-refractivity contribution in [3.8, 4) is 0 Å². The van der Waals surface area contributed by atoms with E-state index in [2.05, 4.69) is 46.0 Å². The molecule has 2 aliphatic heterocycles. The standard InChI is InChI=1S/C30H41N7O2/c1-22-6-4-9-24(18-22)20-37-21-32-27-28(31-19-25-10-5-17-39-25)33-30(34-29(27)37)36-15-13-35(14-16-36)26(38)12-11-23-7-2-3-8-23/h4,6,9,18,21,23,25H,2-3,5,7-8,10-17,19-20H2,1H3,(H,31,33,34). The molecule has 1 aliphatic carbocycles. The van der Waals surface area contributed by atoms with Gasteiger partial charge in [0.1, 0.15) is 0 Å². The van der Waals surface area contributed by atoms with Gasteiger partial charge in [-0.3, -0.25) is 4.79 Å². The Morgan fingerprint density at radius 3 is 2.69 bits per heavy atom. The van der Waals surface area contributed by atoms with E-state index in [1.165, 1.54) is 36.8 Å². The van der Waals surface area contributed by atoms with Gasteiger partial charge < -0.3 is 24.4 Å². The molecule has 1 amide bonds. The molecule has 4 heterocycles. The molecule has 9 nitrogen and oxygen atoms in total. The van der Waals surface area contributed by atoms with Crippen LogP contribution < -0.4 is 10.2 Å². The molecule has 6 rings (SSSR count). The van der Waals surface area contributed by atoms with E-state index in [4.69, 9.17) is 19.7 Å². The van der Waals surface area contributed by atoms with Gasteiger partial charge in [-0.1, -0.05) is 55.5 Å². The highest BCUT2D eigenvalue weighted by molar-refractivity contribution is 5.84. The molecule has 0 radical (unpaired) electrons.